The molecule has 0 amide bonds. The van der Waals surface area contributed by atoms with Crippen molar-refractivity contribution in [3.63, 3.8) is 0 Å². The summed E-state index contributed by atoms with van der Waals surface area (Å²) in [5.74, 6) is -1.63. The van der Waals surface area contributed by atoms with Gasteiger partial charge in [-0.15, -0.1) is 0 Å². The van der Waals surface area contributed by atoms with Crippen molar-refractivity contribution in [2.24, 2.45) is 14.1 Å². The van der Waals surface area contributed by atoms with Gasteiger partial charge in [-0.25, -0.2) is 17.6 Å². The Labute approximate surface area is 446 Å². The Morgan fingerprint density at radius 3 is 1.26 bits per heavy atom. The van der Waals surface area contributed by atoms with Gasteiger partial charge in [-0.05, 0) is 136 Å². The van der Waals surface area contributed by atoms with E-state index in [-0.39, 0.29) is 78.5 Å². The quantitative estimate of drug-likeness (QED) is 0.0742. The third kappa shape index (κ3) is 16.2. The molecule has 17 heteroatoms. The van der Waals surface area contributed by atoms with E-state index in [9.17, 15) is 36.7 Å². The summed E-state index contributed by atoms with van der Waals surface area (Å²) in [4.78, 5) is 53.5. The molecule has 0 radical (unpaired) electrons. The van der Waals surface area contributed by atoms with Gasteiger partial charge in [-0.2, -0.15) is 0 Å². The molecule has 0 aliphatic heterocycles. The zero-order valence-electron chi connectivity index (χ0n) is 40.2. The van der Waals surface area contributed by atoms with Crippen LogP contribution in [0, 0.1) is 37.1 Å². The molecule has 73 heavy (non-hydrogen) atoms. The smallest absolute Gasteiger partial charge is 0.179 e. The van der Waals surface area contributed by atoms with Gasteiger partial charge in [0, 0.05) is 101 Å². The number of hydrogen-bond donors (Lipinski definition) is 2. The Hall–Kier alpha value is -6.15. The van der Waals surface area contributed by atoms with Crippen molar-refractivity contribution in [2.75, 3.05) is 0 Å². The lowest BCUT2D eigenvalue weighted by molar-refractivity contribution is 0.0966. The first-order chi connectivity index (χ1) is 34.8. The number of benzene rings is 4. The molecule has 0 saturated heterocycles. The van der Waals surface area contributed by atoms with E-state index in [1.54, 1.807) is 101 Å². The SMILES string of the molecule is Cc1cc[nH]c1C(=O)CCc1c(F)cccc1Cl.Cc1ccn(C)c1C(=O)CCc1c(F)cccc1Cl.Cn1c(Cl)ccc1C(=O)CCc1c(F)cccc1Cl.O=C(CCc1c(F)cccc1Cl)c1ccc[nH]1. The Kier molecular flexibility index (Phi) is 22.0. The first-order valence-electron chi connectivity index (χ1n) is 22.8. The lowest BCUT2D eigenvalue weighted by atomic mass is 10.0. The fourth-order valence-electron chi connectivity index (χ4n) is 7.63. The molecule has 4 aromatic carbocycles. The zero-order chi connectivity index (χ0) is 53.4. The number of rotatable bonds is 16. The van der Waals surface area contributed by atoms with Crippen LogP contribution in [-0.4, -0.2) is 42.2 Å². The number of aromatic amines is 2. The van der Waals surface area contributed by atoms with Crippen LogP contribution in [0.4, 0.5) is 17.6 Å². The highest BCUT2D eigenvalue weighted by molar-refractivity contribution is 6.32. The average molecular weight is 1100 g/mol. The van der Waals surface area contributed by atoms with Crippen molar-refractivity contribution >= 4 is 81.1 Å². The number of carbonyl (C=O) groups is 4. The molecule has 0 aliphatic rings. The Morgan fingerprint density at radius 2 is 0.904 bits per heavy atom. The number of H-pyrrole nitrogens is 2. The van der Waals surface area contributed by atoms with Gasteiger partial charge in [0.25, 0.3) is 0 Å². The van der Waals surface area contributed by atoms with Gasteiger partial charge in [-0.3, -0.25) is 19.2 Å². The van der Waals surface area contributed by atoms with E-state index in [0.29, 0.717) is 89.5 Å². The van der Waals surface area contributed by atoms with E-state index in [0.717, 1.165) is 11.1 Å². The Balaban J connectivity index is 0.000000181. The van der Waals surface area contributed by atoms with Crippen LogP contribution in [0.1, 0.15) is 101 Å². The third-order valence-electron chi connectivity index (χ3n) is 11.7. The van der Waals surface area contributed by atoms with Gasteiger partial charge in [0.15, 0.2) is 23.1 Å². The second-order valence-electron chi connectivity index (χ2n) is 16.7. The number of aryl methyl sites for hydroxylation is 3. The number of aromatic nitrogens is 4. The van der Waals surface area contributed by atoms with E-state index in [4.69, 9.17) is 58.0 Å². The van der Waals surface area contributed by atoms with Gasteiger partial charge < -0.3 is 19.1 Å². The van der Waals surface area contributed by atoms with Crippen molar-refractivity contribution in [1.82, 2.24) is 19.1 Å². The lowest BCUT2D eigenvalue weighted by Crippen LogP contribution is -2.09. The minimum Gasteiger partial charge on any atom is -0.359 e. The van der Waals surface area contributed by atoms with Crippen LogP contribution in [-0.2, 0) is 39.8 Å². The minimum absolute atomic E-state index is 0.00400. The maximum atomic E-state index is 13.6. The predicted molar refractivity (Wildman–Crippen MR) is 283 cm³/mol. The van der Waals surface area contributed by atoms with Gasteiger partial charge in [-0.1, -0.05) is 82.3 Å². The summed E-state index contributed by atoms with van der Waals surface area (Å²) >= 11 is 29.5. The summed E-state index contributed by atoms with van der Waals surface area (Å²) in [5, 5.41) is 1.94. The number of nitrogens with one attached hydrogen (secondary N) is 2. The molecule has 8 aromatic rings. The molecule has 2 N–H and O–H groups in total. The summed E-state index contributed by atoms with van der Waals surface area (Å²) in [6.07, 6.45) is 7.37. The van der Waals surface area contributed by atoms with Gasteiger partial charge in [0.1, 0.15) is 28.4 Å². The highest BCUT2D eigenvalue weighted by Gasteiger charge is 2.18. The fraction of sp³-hybridized carbons (Fsp3) is 0.214. The number of nitrogens with zero attached hydrogens (tertiary/aromatic N) is 2. The average Bonchev–Trinajstić information content (AvgIpc) is 4.18. The molecule has 0 unspecified atom stereocenters. The van der Waals surface area contributed by atoms with Crippen LogP contribution in [0.5, 0.6) is 0 Å². The first kappa shape index (κ1) is 57.7. The number of carbonyl (C=O) groups excluding carboxylic acids is 4. The van der Waals surface area contributed by atoms with Crippen molar-refractivity contribution < 1.29 is 36.7 Å². The molecule has 0 saturated carbocycles. The minimum atomic E-state index is -0.384. The summed E-state index contributed by atoms with van der Waals surface area (Å²) in [6.45, 7) is 3.75. The monoisotopic (exact) mass is 1090 g/mol. The first-order valence-corrected chi connectivity index (χ1v) is 24.7. The zero-order valence-corrected chi connectivity index (χ0v) is 44.0. The van der Waals surface area contributed by atoms with Crippen molar-refractivity contribution in [2.45, 2.75) is 65.2 Å². The van der Waals surface area contributed by atoms with Crippen LogP contribution in [0.15, 0.2) is 128 Å². The number of ketones is 4. The van der Waals surface area contributed by atoms with Crippen molar-refractivity contribution in [3.8, 4) is 0 Å². The van der Waals surface area contributed by atoms with Crippen LogP contribution in [0.3, 0.4) is 0 Å². The molecule has 0 fully saturated rings. The third-order valence-corrected chi connectivity index (χ3v) is 13.5. The van der Waals surface area contributed by atoms with E-state index >= 15 is 0 Å². The second-order valence-corrected chi connectivity index (χ2v) is 18.7. The normalized spacial score (nSPS) is 10.6. The topological polar surface area (TPSA) is 110 Å². The lowest BCUT2D eigenvalue weighted by Gasteiger charge is -2.07. The molecular formula is C56H51Cl5F4N4O4. The summed E-state index contributed by atoms with van der Waals surface area (Å²) in [5.41, 5.74) is 5.73. The van der Waals surface area contributed by atoms with Crippen LogP contribution in [0.2, 0.25) is 25.2 Å². The van der Waals surface area contributed by atoms with E-state index in [1.807, 2.05) is 39.2 Å². The predicted octanol–water partition coefficient (Wildman–Crippen LogP) is 15.8. The largest absolute Gasteiger partial charge is 0.359 e. The Morgan fingerprint density at radius 1 is 0.466 bits per heavy atom. The van der Waals surface area contributed by atoms with Crippen LogP contribution in [0.25, 0.3) is 0 Å². The molecule has 4 heterocycles. The van der Waals surface area contributed by atoms with E-state index in [2.05, 4.69) is 9.97 Å². The summed E-state index contributed by atoms with van der Waals surface area (Å²) < 4.78 is 57.5. The molecule has 8 rings (SSSR count). The van der Waals surface area contributed by atoms with Crippen LogP contribution >= 0.6 is 58.0 Å². The number of Topliss-reactive ketones (excluding diaryl/α,β-unsaturated/α-hetero) is 4. The molecule has 0 aliphatic carbocycles. The van der Waals surface area contributed by atoms with E-state index < -0.39 is 0 Å². The van der Waals surface area contributed by atoms with Gasteiger partial charge >= 0.3 is 0 Å². The van der Waals surface area contributed by atoms with Gasteiger partial charge in [0.2, 0.25) is 0 Å². The molecule has 0 atom stereocenters. The maximum Gasteiger partial charge on any atom is 0.179 e. The molecule has 0 bridgehead atoms. The summed E-state index contributed by atoms with van der Waals surface area (Å²) in [7, 11) is 3.54. The second kappa shape index (κ2) is 27.8. The van der Waals surface area contributed by atoms with Crippen molar-refractivity contribution in [3.05, 3.63) is 232 Å². The van der Waals surface area contributed by atoms with Crippen molar-refractivity contribution in [1.29, 1.82) is 0 Å². The van der Waals surface area contributed by atoms with Crippen LogP contribution < -0.4 is 0 Å². The summed E-state index contributed by atoms with van der Waals surface area (Å²) in [6, 6.07) is 28.6. The van der Waals surface area contributed by atoms with E-state index in [1.165, 1.54) is 24.3 Å². The highest BCUT2D eigenvalue weighted by Crippen LogP contribution is 2.26. The molecule has 8 nitrogen and oxygen atoms in total. The molecule has 4 aromatic heterocycles. The maximum absolute atomic E-state index is 13.6. The fourth-order valence-corrected chi connectivity index (χ4v) is 8.82. The molecule has 0 spiro atoms. The standard InChI is InChI=1S/C15H15ClFNO.C14H12Cl2FNO.C14H13ClFNO.C13H11ClFNO/c1-10-8-9-18(2)15(10)14(19)7-6-11-12(16)4-3-5-13(11)17;1-18-12(6-8-14(18)16)13(19)7-5-9-10(15)3-2-4-11(9)17;1-9-7-8-17-14(9)13(18)6-5-10-11(15)3-2-4-12(10)16;14-10-3-1-4-11(15)9(10)6-7-13(17)12-5-2-8-16-12/h3-5,8-9H,6-7H2,1-2H3;2-4,6,8H,5,7H2,1H3;2-4,7-8,17H,5-6H2,1H3;1-5,8,16H,6-7H2. The van der Waals surface area contributed by atoms with Gasteiger partial charge in [0.05, 0.1) is 22.8 Å². The highest BCUT2D eigenvalue weighted by atomic mass is 35.5. The number of hydrogen-bond acceptors (Lipinski definition) is 4. The Bertz CT molecular complexity index is 3080. The molecular weight excluding hydrogens is 1050 g/mol. The molecule has 382 valence electrons. The number of halogens is 9.